The van der Waals surface area contributed by atoms with Crippen molar-refractivity contribution in [2.75, 3.05) is 14.2 Å². The van der Waals surface area contributed by atoms with E-state index in [1.807, 2.05) is 25.1 Å². The molecule has 3 nitrogen and oxygen atoms in total. The minimum atomic E-state index is -0.166. The van der Waals surface area contributed by atoms with E-state index in [-0.39, 0.29) is 11.9 Å². The number of esters is 1. The normalized spacial score (nSPS) is 12.0. The highest BCUT2D eigenvalue weighted by Gasteiger charge is 2.22. The summed E-state index contributed by atoms with van der Waals surface area (Å²) in [7, 11) is 3.09. The number of unbranched alkanes of at least 4 members (excludes halogenated alkanes) is 1. The van der Waals surface area contributed by atoms with E-state index in [4.69, 9.17) is 9.47 Å². The van der Waals surface area contributed by atoms with Crippen molar-refractivity contribution in [3.63, 3.8) is 0 Å². The van der Waals surface area contributed by atoms with Crippen LogP contribution >= 0.6 is 0 Å². The van der Waals surface area contributed by atoms with E-state index in [2.05, 4.69) is 6.92 Å². The van der Waals surface area contributed by atoms with Gasteiger partial charge >= 0.3 is 5.97 Å². The first-order valence-corrected chi connectivity index (χ1v) is 6.36. The van der Waals surface area contributed by atoms with E-state index in [1.165, 1.54) is 7.11 Å². The summed E-state index contributed by atoms with van der Waals surface area (Å²) >= 11 is 0. The van der Waals surface area contributed by atoms with Gasteiger partial charge < -0.3 is 9.47 Å². The first-order chi connectivity index (χ1) is 8.63. The summed E-state index contributed by atoms with van der Waals surface area (Å²) < 4.78 is 10.1. The van der Waals surface area contributed by atoms with Gasteiger partial charge in [0.2, 0.25) is 0 Å². The third kappa shape index (κ3) is 3.49. The molecule has 1 aromatic carbocycles. The molecule has 3 heteroatoms. The number of methoxy groups -OCH3 is 2. The van der Waals surface area contributed by atoms with Crippen LogP contribution in [0.15, 0.2) is 18.2 Å². The Morgan fingerprint density at radius 2 is 2.06 bits per heavy atom. The standard InChI is InChI=1S/C15H22O3/c1-5-6-7-14(15(16)18-4)13-9-8-12(17-3)10-11(13)2/h8-10,14H,5-7H2,1-4H3. The Morgan fingerprint density at radius 3 is 2.56 bits per heavy atom. The lowest BCUT2D eigenvalue weighted by atomic mass is 9.90. The zero-order valence-electron chi connectivity index (χ0n) is 11.7. The molecule has 0 N–H and O–H groups in total. The van der Waals surface area contributed by atoms with Gasteiger partial charge in [0.1, 0.15) is 5.75 Å². The van der Waals surface area contributed by atoms with Gasteiger partial charge in [-0.05, 0) is 36.6 Å². The zero-order chi connectivity index (χ0) is 13.5. The molecule has 0 aliphatic rings. The number of rotatable bonds is 6. The molecule has 0 spiro atoms. The van der Waals surface area contributed by atoms with Gasteiger partial charge in [-0.1, -0.05) is 25.8 Å². The maximum atomic E-state index is 11.9. The minimum absolute atomic E-state index is 0.156. The van der Waals surface area contributed by atoms with Crippen LogP contribution in [0.1, 0.15) is 43.2 Å². The summed E-state index contributed by atoms with van der Waals surface area (Å²) in [5.74, 6) is 0.493. The number of aryl methyl sites for hydroxylation is 1. The van der Waals surface area contributed by atoms with Crippen LogP contribution in [0, 0.1) is 6.92 Å². The van der Waals surface area contributed by atoms with Crippen LogP contribution in [0.2, 0.25) is 0 Å². The molecule has 0 fully saturated rings. The Morgan fingerprint density at radius 1 is 1.33 bits per heavy atom. The number of benzene rings is 1. The highest BCUT2D eigenvalue weighted by atomic mass is 16.5. The van der Waals surface area contributed by atoms with E-state index in [9.17, 15) is 4.79 Å². The number of ether oxygens (including phenoxy) is 2. The van der Waals surface area contributed by atoms with Crippen molar-refractivity contribution >= 4 is 5.97 Å². The van der Waals surface area contributed by atoms with Crippen molar-refractivity contribution in [1.29, 1.82) is 0 Å². The van der Waals surface area contributed by atoms with E-state index < -0.39 is 0 Å². The summed E-state index contributed by atoms with van der Waals surface area (Å²) in [5, 5.41) is 0. The van der Waals surface area contributed by atoms with Gasteiger partial charge in [-0.25, -0.2) is 0 Å². The second-order valence-corrected chi connectivity index (χ2v) is 4.44. The molecule has 0 aliphatic heterocycles. The number of hydrogen-bond acceptors (Lipinski definition) is 3. The van der Waals surface area contributed by atoms with Crippen molar-refractivity contribution in [3.8, 4) is 5.75 Å². The summed E-state index contributed by atoms with van der Waals surface area (Å²) in [6.45, 7) is 4.12. The van der Waals surface area contributed by atoms with Crippen LogP contribution in [-0.4, -0.2) is 20.2 Å². The Balaban J connectivity index is 3.00. The van der Waals surface area contributed by atoms with Gasteiger partial charge in [-0.15, -0.1) is 0 Å². The molecule has 0 aliphatic carbocycles. The third-order valence-corrected chi connectivity index (χ3v) is 3.18. The van der Waals surface area contributed by atoms with Crippen LogP contribution in [0.5, 0.6) is 5.75 Å². The monoisotopic (exact) mass is 250 g/mol. The average molecular weight is 250 g/mol. The molecular weight excluding hydrogens is 228 g/mol. The molecule has 1 atom stereocenters. The molecule has 0 aromatic heterocycles. The molecule has 1 rings (SSSR count). The van der Waals surface area contributed by atoms with Gasteiger partial charge in [-0.3, -0.25) is 4.79 Å². The molecule has 1 aromatic rings. The molecule has 0 amide bonds. The fraction of sp³-hybridized carbons (Fsp3) is 0.533. The summed E-state index contributed by atoms with van der Waals surface area (Å²) in [4.78, 5) is 11.9. The number of carbonyl (C=O) groups excluding carboxylic acids is 1. The van der Waals surface area contributed by atoms with Crippen molar-refractivity contribution in [3.05, 3.63) is 29.3 Å². The van der Waals surface area contributed by atoms with E-state index in [1.54, 1.807) is 7.11 Å². The summed E-state index contributed by atoms with van der Waals surface area (Å²) in [6.07, 6.45) is 2.92. The van der Waals surface area contributed by atoms with Crippen LogP contribution in [0.4, 0.5) is 0 Å². The molecule has 18 heavy (non-hydrogen) atoms. The molecular formula is C15H22O3. The van der Waals surface area contributed by atoms with Crippen molar-refractivity contribution in [1.82, 2.24) is 0 Å². The van der Waals surface area contributed by atoms with Gasteiger partial charge in [0.05, 0.1) is 20.1 Å². The Kier molecular flexibility index (Phi) is 5.69. The Bertz CT molecular complexity index is 399. The molecule has 1 unspecified atom stereocenters. The fourth-order valence-electron chi connectivity index (χ4n) is 2.12. The average Bonchev–Trinajstić information content (AvgIpc) is 2.39. The lowest BCUT2D eigenvalue weighted by molar-refractivity contribution is -0.142. The van der Waals surface area contributed by atoms with Crippen molar-refractivity contribution in [2.45, 2.75) is 39.0 Å². The van der Waals surface area contributed by atoms with E-state index in [0.29, 0.717) is 0 Å². The highest BCUT2D eigenvalue weighted by molar-refractivity contribution is 5.78. The quantitative estimate of drug-likeness (QED) is 0.725. The van der Waals surface area contributed by atoms with Crippen LogP contribution in [-0.2, 0) is 9.53 Å². The van der Waals surface area contributed by atoms with Crippen LogP contribution in [0.3, 0.4) is 0 Å². The maximum absolute atomic E-state index is 11.9. The Labute approximate surface area is 109 Å². The zero-order valence-corrected chi connectivity index (χ0v) is 11.7. The minimum Gasteiger partial charge on any atom is -0.497 e. The molecule has 0 heterocycles. The topological polar surface area (TPSA) is 35.5 Å². The highest BCUT2D eigenvalue weighted by Crippen LogP contribution is 2.28. The van der Waals surface area contributed by atoms with E-state index in [0.717, 1.165) is 36.1 Å². The van der Waals surface area contributed by atoms with Gasteiger partial charge in [0.15, 0.2) is 0 Å². The van der Waals surface area contributed by atoms with Crippen molar-refractivity contribution in [2.24, 2.45) is 0 Å². The van der Waals surface area contributed by atoms with E-state index >= 15 is 0 Å². The Hall–Kier alpha value is -1.51. The second-order valence-electron chi connectivity index (χ2n) is 4.44. The number of carbonyl (C=O) groups is 1. The molecule has 0 saturated carbocycles. The first-order valence-electron chi connectivity index (χ1n) is 6.36. The molecule has 0 radical (unpaired) electrons. The second kappa shape index (κ2) is 7.04. The molecule has 100 valence electrons. The maximum Gasteiger partial charge on any atom is 0.313 e. The predicted octanol–water partition coefficient (Wildman–Crippen LogP) is 3.45. The number of hydrogen-bond donors (Lipinski definition) is 0. The van der Waals surface area contributed by atoms with Crippen molar-refractivity contribution < 1.29 is 14.3 Å². The summed E-state index contributed by atoms with van der Waals surface area (Å²) in [5.41, 5.74) is 2.11. The third-order valence-electron chi connectivity index (χ3n) is 3.18. The first kappa shape index (κ1) is 14.6. The van der Waals surface area contributed by atoms with Crippen LogP contribution < -0.4 is 4.74 Å². The SMILES string of the molecule is CCCCC(C(=O)OC)c1ccc(OC)cc1C. The van der Waals surface area contributed by atoms with Crippen LogP contribution in [0.25, 0.3) is 0 Å². The van der Waals surface area contributed by atoms with Gasteiger partial charge in [0, 0.05) is 0 Å². The smallest absolute Gasteiger partial charge is 0.313 e. The summed E-state index contributed by atoms with van der Waals surface area (Å²) in [6, 6.07) is 5.81. The predicted molar refractivity (Wildman–Crippen MR) is 72.0 cm³/mol. The largest absolute Gasteiger partial charge is 0.497 e. The lowest BCUT2D eigenvalue weighted by Crippen LogP contribution is -2.15. The van der Waals surface area contributed by atoms with Gasteiger partial charge in [0.25, 0.3) is 0 Å². The molecule has 0 bridgehead atoms. The molecule has 0 saturated heterocycles. The lowest BCUT2D eigenvalue weighted by Gasteiger charge is -2.17. The van der Waals surface area contributed by atoms with Gasteiger partial charge in [-0.2, -0.15) is 0 Å². The fourth-order valence-corrected chi connectivity index (χ4v) is 2.12.